The summed E-state index contributed by atoms with van der Waals surface area (Å²) >= 11 is 0. The minimum atomic E-state index is -0.117. The molecule has 0 fully saturated rings. The van der Waals surface area contributed by atoms with Crippen LogP contribution in [0.5, 0.6) is 0 Å². The van der Waals surface area contributed by atoms with Crippen LogP contribution in [0.4, 0.5) is 0 Å². The van der Waals surface area contributed by atoms with E-state index in [9.17, 15) is 9.59 Å². The van der Waals surface area contributed by atoms with Gasteiger partial charge in [-0.25, -0.2) is 0 Å². The minimum Gasteiger partial charge on any atom is -0.317 e. The first-order valence-corrected chi connectivity index (χ1v) is 10.3. The molecule has 0 saturated heterocycles. The maximum absolute atomic E-state index is 12.7. The zero-order chi connectivity index (χ0) is 22.1. The average molecular weight is 408 g/mol. The maximum atomic E-state index is 12.7. The second-order valence-corrected chi connectivity index (χ2v) is 7.99. The molecule has 0 aliphatic heterocycles. The van der Waals surface area contributed by atoms with Crippen LogP contribution in [0.1, 0.15) is 32.6 Å². The molecule has 0 aliphatic rings. The standard InChI is InChI=1S/C28H25NO2/c1-5-27(30)21-14-13-20(15-24-18(2)9-8-10-19(24)3)25(16-21)26-17-29(4)28(31)23-12-7-6-11-22(23)26/h5-14,16-17H,1,15H2,2-4H3. The fourth-order valence-corrected chi connectivity index (χ4v) is 4.20. The van der Waals surface area contributed by atoms with Crippen molar-refractivity contribution in [3.05, 3.63) is 118 Å². The van der Waals surface area contributed by atoms with Crippen molar-refractivity contribution in [2.75, 3.05) is 0 Å². The molecule has 0 bridgehead atoms. The van der Waals surface area contributed by atoms with Crippen LogP contribution in [0.3, 0.4) is 0 Å². The van der Waals surface area contributed by atoms with Gasteiger partial charge in [0.25, 0.3) is 5.56 Å². The third-order valence-electron chi connectivity index (χ3n) is 5.97. The van der Waals surface area contributed by atoms with E-state index < -0.39 is 0 Å². The van der Waals surface area contributed by atoms with Crippen LogP contribution in [0.15, 0.2) is 84.3 Å². The van der Waals surface area contributed by atoms with E-state index in [4.69, 9.17) is 0 Å². The first-order valence-electron chi connectivity index (χ1n) is 10.3. The normalized spacial score (nSPS) is 10.9. The van der Waals surface area contributed by atoms with Crippen molar-refractivity contribution in [2.24, 2.45) is 7.05 Å². The Morgan fingerprint density at radius 1 is 0.935 bits per heavy atom. The van der Waals surface area contributed by atoms with Gasteiger partial charge in [-0.3, -0.25) is 9.59 Å². The molecule has 1 aromatic heterocycles. The molecule has 3 aromatic carbocycles. The molecule has 0 N–H and O–H groups in total. The summed E-state index contributed by atoms with van der Waals surface area (Å²) in [5, 5.41) is 1.55. The first-order chi connectivity index (χ1) is 14.9. The van der Waals surface area contributed by atoms with E-state index in [2.05, 4.69) is 38.6 Å². The van der Waals surface area contributed by atoms with Gasteiger partial charge in [0, 0.05) is 29.8 Å². The number of allylic oxidation sites excluding steroid dienone is 1. The number of nitrogens with zero attached hydrogens (tertiary/aromatic N) is 1. The summed E-state index contributed by atoms with van der Waals surface area (Å²) in [5.41, 5.74) is 7.33. The van der Waals surface area contributed by atoms with Gasteiger partial charge in [-0.15, -0.1) is 0 Å². The maximum Gasteiger partial charge on any atom is 0.258 e. The number of benzene rings is 3. The highest BCUT2D eigenvalue weighted by Gasteiger charge is 2.16. The van der Waals surface area contributed by atoms with Gasteiger partial charge in [-0.05, 0) is 71.7 Å². The van der Waals surface area contributed by atoms with Crippen LogP contribution in [-0.4, -0.2) is 10.4 Å². The number of hydrogen-bond donors (Lipinski definition) is 0. The summed E-state index contributed by atoms with van der Waals surface area (Å²) in [6, 6.07) is 19.8. The van der Waals surface area contributed by atoms with Gasteiger partial charge in [0.15, 0.2) is 5.78 Å². The van der Waals surface area contributed by atoms with E-state index in [1.165, 1.54) is 22.8 Å². The zero-order valence-electron chi connectivity index (χ0n) is 18.1. The van der Waals surface area contributed by atoms with Gasteiger partial charge in [0.1, 0.15) is 0 Å². The van der Waals surface area contributed by atoms with E-state index >= 15 is 0 Å². The van der Waals surface area contributed by atoms with Gasteiger partial charge in [0.05, 0.1) is 0 Å². The van der Waals surface area contributed by atoms with Gasteiger partial charge < -0.3 is 4.57 Å². The Kier molecular flexibility index (Phi) is 5.43. The Hall–Kier alpha value is -3.72. The Bertz CT molecular complexity index is 1370. The van der Waals surface area contributed by atoms with Crippen LogP contribution in [0.25, 0.3) is 21.9 Å². The number of aryl methyl sites for hydroxylation is 3. The molecule has 4 rings (SSSR count). The molecule has 0 aliphatic carbocycles. The number of aromatic nitrogens is 1. The zero-order valence-corrected chi connectivity index (χ0v) is 18.1. The molecule has 3 heteroatoms. The largest absolute Gasteiger partial charge is 0.317 e. The highest BCUT2D eigenvalue weighted by Crippen LogP contribution is 2.33. The van der Waals surface area contributed by atoms with Crippen LogP contribution in [0, 0.1) is 13.8 Å². The van der Waals surface area contributed by atoms with E-state index in [0.29, 0.717) is 10.9 Å². The predicted molar refractivity (Wildman–Crippen MR) is 128 cm³/mol. The number of fused-ring (bicyclic) bond motifs is 1. The lowest BCUT2D eigenvalue weighted by atomic mass is 9.88. The van der Waals surface area contributed by atoms with Crippen molar-refractivity contribution in [3.8, 4) is 11.1 Å². The Morgan fingerprint density at radius 3 is 2.29 bits per heavy atom. The fraction of sp³-hybridized carbons (Fsp3) is 0.143. The summed E-state index contributed by atoms with van der Waals surface area (Å²) < 4.78 is 1.61. The molecule has 4 aromatic rings. The molecule has 0 amide bonds. The molecular formula is C28H25NO2. The van der Waals surface area contributed by atoms with Crippen molar-refractivity contribution < 1.29 is 4.79 Å². The SMILES string of the molecule is C=CC(=O)c1ccc(Cc2c(C)cccc2C)c(-c2cn(C)c(=O)c3ccccc23)c1. The van der Waals surface area contributed by atoms with E-state index in [1.807, 2.05) is 48.7 Å². The van der Waals surface area contributed by atoms with Crippen LogP contribution >= 0.6 is 0 Å². The van der Waals surface area contributed by atoms with Crippen molar-refractivity contribution in [1.82, 2.24) is 4.57 Å². The number of rotatable bonds is 5. The van der Waals surface area contributed by atoms with Crippen molar-refractivity contribution in [1.29, 1.82) is 0 Å². The van der Waals surface area contributed by atoms with Crippen LogP contribution in [0.2, 0.25) is 0 Å². The lowest BCUT2D eigenvalue weighted by Crippen LogP contribution is -2.16. The highest BCUT2D eigenvalue weighted by atomic mass is 16.1. The summed E-state index contributed by atoms with van der Waals surface area (Å²) in [7, 11) is 1.77. The molecule has 0 saturated carbocycles. The lowest BCUT2D eigenvalue weighted by Gasteiger charge is -2.17. The molecular weight excluding hydrogens is 382 g/mol. The quantitative estimate of drug-likeness (QED) is 0.311. The molecule has 0 spiro atoms. The summed E-state index contributed by atoms with van der Waals surface area (Å²) in [4.78, 5) is 25.1. The highest BCUT2D eigenvalue weighted by molar-refractivity contribution is 6.06. The van der Waals surface area contributed by atoms with E-state index in [0.717, 1.165) is 28.5 Å². The second kappa shape index (κ2) is 8.19. The van der Waals surface area contributed by atoms with Crippen LogP contribution < -0.4 is 5.56 Å². The Balaban J connectivity index is 2.01. The number of ketones is 1. The summed E-state index contributed by atoms with van der Waals surface area (Å²) in [5.74, 6) is -0.117. The topological polar surface area (TPSA) is 39.1 Å². The molecule has 31 heavy (non-hydrogen) atoms. The smallest absolute Gasteiger partial charge is 0.258 e. The van der Waals surface area contributed by atoms with Gasteiger partial charge in [0.2, 0.25) is 0 Å². The third kappa shape index (κ3) is 3.75. The Labute approximate surface area is 182 Å². The van der Waals surface area contributed by atoms with Crippen molar-refractivity contribution >= 4 is 16.6 Å². The van der Waals surface area contributed by atoms with Crippen LogP contribution in [-0.2, 0) is 13.5 Å². The molecule has 3 nitrogen and oxygen atoms in total. The first kappa shape index (κ1) is 20.5. The van der Waals surface area contributed by atoms with Crippen molar-refractivity contribution in [3.63, 3.8) is 0 Å². The average Bonchev–Trinajstić information content (AvgIpc) is 2.78. The summed E-state index contributed by atoms with van der Waals surface area (Å²) in [6.45, 7) is 7.88. The lowest BCUT2D eigenvalue weighted by molar-refractivity contribution is 0.104. The Morgan fingerprint density at radius 2 is 1.61 bits per heavy atom. The summed E-state index contributed by atoms with van der Waals surface area (Å²) in [6.07, 6.45) is 3.95. The van der Waals surface area contributed by atoms with Crippen molar-refractivity contribution in [2.45, 2.75) is 20.3 Å². The minimum absolute atomic E-state index is 0.0334. The molecule has 154 valence electrons. The molecule has 0 unspecified atom stereocenters. The number of hydrogen-bond acceptors (Lipinski definition) is 2. The predicted octanol–water partition coefficient (Wildman–Crippen LogP) is 5.78. The molecule has 0 atom stereocenters. The third-order valence-corrected chi connectivity index (χ3v) is 5.97. The van der Waals surface area contributed by atoms with Gasteiger partial charge in [-0.2, -0.15) is 0 Å². The van der Waals surface area contributed by atoms with Gasteiger partial charge in [-0.1, -0.05) is 55.1 Å². The van der Waals surface area contributed by atoms with E-state index in [1.54, 1.807) is 11.6 Å². The molecule has 0 radical (unpaired) electrons. The number of pyridine rings is 1. The number of carbonyl (C=O) groups excluding carboxylic acids is 1. The van der Waals surface area contributed by atoms with Gasteiger partial charge >= 0.3 is 0 Å². The second-order valence-electron chi connectivity index (χ2n) is 7.99. The monoisotopic (exact) mass is 407 g/mol. The van der Waals surface area contributed by atoms with E-state index in [-0.39, 0.29) is 11.3 Å². The fourth-order valence-electron chi connectivity index (χ4n) is 4.20. The molecule has 1 heterocycles. The number of carbonyl (C=O) groups is 1.